The first-order valence-corrected chi connectivity index (χ1v) is 13.3. The molecule has 2 atom stereocenters. The molecule has 2 aromatic carbocycles. The van der Waals surface area contributed by atoms with Gasteiger partial charge >= 0.3 is 5.97 Å². The van der Waals surface area contributed by atoms with E-state index in [9.17, 15) is 9.90 Å². The average molecular weight is 529 g/mol. The SMILES string of the molecule is CC.Cc1c(Cl)ccc2c(-c3cccc4nn(C)cc34)nn(-c3ccc(N4CC5C(C4)C5C(=O)O)nc3)c12. The van der Waals surface area contributed by atoms with Gasteiger partial charge in [-0.05, 0) is 54.7 Å². The highest BCUT2D eigenvalue weighted by Crippen LogP contribution is 2.52. The van der Waals surface area contributed by atoms with E-state index < -0.39 is 5.97 Å². The number of fused-ring (bicyclic) bond motifs is 3. The zero-order valence-electron chi connectivity index (χ0n) is 21.8. The molecule has 9 heteroatoms. The molecule has 1 saturated heterocycles. The molecule has 0 spiro atoms. The van der Waals surface area contributed by atoms with Gasteiger partial charge in [0.2, 0.25) is 0 Å². The molecule has 4 heterocycles. The summed E-state index contributed by atoms with van der Waals surface area (Å²) in [6, 6.07) is 14.0. The summed E-state index contributed by atoms with van der Waals surface area (Å²) in [4.78, 5) is 18.2. The molecule has 1 N–H and O–H groups in total. The van der Waals surface area contributed by atoms with Gasteiger partial charge in [0.25, 0.3) is 0 Å². The van der Waals surface area contributed by atoms with Crippen molar-refractivity contribution in [2.45, 2.75) is 20.8 Å². The standard InChI is InChI=1S/C27H23ClN6O2.C2H6/c1-14-21(28)8-7-17-25(16-4-3-5-22-18(16)11-32(2)30-22)31-34(26(14)17)15-6-9-23(29-10-15)33-12-19-20(13-33)24(19)27(35)36;1-2/h3-11,19-20,24H,12-13H2,1-2H3,(H,35,36);1-2H3. The molecule has 2 aliphatic rings. The monoisotopic (exact) mass is 528 g/mol. The second-order valence-electron chi connectivity index (χ2n) is 9.84. The molecule has 8 nitrogen and oxygen atoms in total. The van der Waals surface area contributed by atoms with E-state index >= 15 is 0 Å². The number of hydrogen-bond acceptors (Lipinski definition) is 5. The third-order valence-electron chi connectivity index (χ3n) is 7.73. The van der Waals surface area contributed by atoms with E-state index in [0.717, 1.165) is 63.2 Å². The minimum atomic E-state index is -0.676. The van der Waals surface area contributed by atoms with Gasteiger partial charge in [0.05, 0.1) is 28.8 Å². The Morgan fingerprint density at radius 2 is 1.79 bits per heavy atom. The zero-order chi connectivity index (χ0) is 26.7. The largest absolute Gasteiger partial charge is 0.481 e. The molecule has 1 aliphatic heterocycles. The van der Waals surface area contributed by atoms with E-state index in [1.54, 1.807) is 0 Å². The molecule has 0 radical (unpaired) electrons. The number of pyridine rings is 1. The number of nitrogens with zero attached hydrogens (tertiary/aromatic N) is 6. The second kappa shape index (κ2) is 9.13. The van der Waals surface area contributed by atoms with Gasteiger partial charge in [0, 0.05) is 47.7 Å². The Balaban J connectivity index is 0.00000129. The van der Waals surface area contributed by atoms with Crippen LogP contribution in [0.2, 0.25) is 5.02 Å². The first kappa shape index (κ1) is 24.4. The van der Waals surface area contributed by atoms with Gasteiger partial charge < -0.3 is 10.0 Å². The predicted molar refractivity (Wildman–Crippen MR) is 150 cm³/mol. The number of aromatic nitrogens is 5. The lowest BCUT2D eigenvalue weighted by molar-refractivity contribution is -0.139. The van der Waals surface area contributed by atoms with Crippen molar-refractivity contribution >= 4 is 45.2 Å². The lowest BCUT2D eigenvalue weighted by atomic mass is 10.0. The summed E-state index contributed by atoms with van der Waals surface area (Å²) in [5.41, 5.74) is 5.54. The van der Waals surface area contributed by atoms with Crippen molar-refractivity contribution in [1.29, 1.82) is 0 Å². The van der Waals surface area contributed by atoms with Crippen molar-refractivity contribution in [3.05, 3.63) is 65.4 Å². The molecule has 38 heavy (non-hydrogen) atoms. The normalized spacial score (nSPS) is 19.9. The van der Waals surface area contributed by atoms with E-state index in [0.29, 0.717) is 5.02 Å². The molecule has 2 unspecified atom stereocenters. The number of piperidine rings is 1. The molecule has 0 amide bonds. The lowest BCUT2D eigenvalue weighted by Crippen LogP contribution is -2.26. The molecular weight excluding hydrogens is 500 g/mol. The maximum absolute atomic E-state index is 11.3. The molecule has 194 valence electrons. The summed E-state index contributed by atoms with van der Waals surface area (Å²) in [6.07, 6.45) is 3.85. The van der Waals surface area contributed by atoms with Gasteiger partial charge in [-0.15, -0.1) is 0 Å². The van der Waals surface area contributed by atoms with Crippen LogP contribution in [0, 0.1) is 24.7 Å². The topological polar surface area (TPSA) is 89.1 Å². The van der Waals surface area contributed by atoms with Gasteiger partial charge in [-0.1, -0.05) is 37.6 Å². The number of carboxylic acid groups (broad SMARTS) is 1. The fourth-order valence-corrected chi connectivity index (χ4v) is 6.02. The van der Waals surface area contributed by atoms with Crippen LogP contribution in [0.25, 0.3) is 38.8 Å². The Bertz CT molecular complexity index is 1680. The van der Waals surface area contributed by atoms with Crippen LogP contribution < -0.4 is 4.90 Å². The number of hydrogen-bond donors (Lipinski definition) is 1. The minimum absolute atomic E-state index is 0.189. The Labute approximate surface area is 225 Å². The number of rotatable bonds is 4. The summed E-state index contributed by atoms with van der Waals surface area (Å²) in [6.45, 7) is 7.49. The summed E-state index contributed by atoms with van der Waals surface area (Å²) in [5.74, 6) is 0.474. The quantitative estimate of drug-likeness (QED) is 0.320. The van der Waals surface area contributed by atoms with Gasteiger partial charge in [0.1, 0.15) is 11.5 Å². The molecule has 5 aromatic rings. The maximum Gasteiger partial charge on any atom is 0.307 e. The zero-order valence-corrected chi connectivity index (χ0v) is 22.5. The van der Waals surface area contributed by atoms with Gasteiger partial charge in [-0.3, -0.25) is 9.48 Å². The summed E-state index contributed by atoms with van der Waals surface area (Å²) in [7, 11) is 1.92. The lowest BCUT2D eigenvalue weighted by Gasteiger charge is -2.20. The van der Waals surface area contributed by atoms with Crippen molar-refractivity contribution in [2.75, 3.05) is 18.0 Å². The third-order valence-corrected chi connectivity index (χ3v) is 8.14. The number of carboxylic acids is 1. The molecule has 1 aliphatic carbocycles. The van der Waals surface area contributed by atoms with Crippen molar-refractivity contribution < 1.29 is 9.90 Å². The smallest absolute Gasteiger partial charge is 0.307 e. The van der Waals surface area contributed by atoms with Crippen molar-refractivity contribution in [1.82, 2.24) is 24.5 Å². The van der Waals surface area contributed by atoms with Crippen LogP contribution >= 0.6 is 11.6 Å². The van der Waals surface area contributed by atoms with Crippen LogP contribution in [-0.2, 0) is 11.8 Å². The summed E-state index contributed by atoms with van der Waals surface area (Å²) in [5, 5.41) is 21.7. The van der Waals surface area contributed by atoms with Crippen LogP contribution in [0.3, 0.4) is 0 Å². The van der Waals surface area contributed by atoms with E-state index in [1.807, 2.05) is 86.0 Å². The number of aryl methyl sites for hydroxylation is 2. The molecule has 0 bridgehead atoms. The summed E-state index contributed by atoms with van der Waals surface area (Å²) >= 11 is 6.55. The number of halogens is 1. The molecular formula is C29H29ClN6O2. The maximum atomic E-state index is 11.3. The van der Waals surface area contributed by atoms with Crippen LogP contribution in [0.1, 0.15) is 19.4 Å². The number of anilines is 1. The van der Waals surface area contributed by atoms with Crippen molar-refractivity contribution in [3.8, 4) is 16.9 Å². The van der Waals surface area contributed by atoms with Gasteiger partial charge in [0.15, 0.2) is 0 Å². The number of carbonyl (C=O) groups is 1. The predicted octanol–water partition coefficient (Wildman–Crippen LogP) is 5.73. The van der Waals surface area contributed by atoms with Crippen LogP contribution in [0.4, 0.5) is 5.82 Å². The van der Waals surface area contributed by atoms with E-state index in [1.165, 1.54) is 0 Å². The van der Waals surface area contributed by atoms with Crippen molar-refractivity contribution in [2.24, 2.45) is 24.8 Å². The Morgan fingerprint density at radius 3 is 2.47 bits per heavy atom. The first-order valence-electron chi connectivity index (χ1n) is 13.0. The minimum Gasteiger partial charge on any atom is -0.481 e. The average Bonchev–Trinajstić information content (AvgIpc) is 3.26. The van der Waals surface area contributed by atoms with E-state index in [-0.39, 0.29) is 17.8 Å². The summed E-state index contributed by atoms with van der Waals surface area (Å²) < 4.78 is 3.73. The molecule has 3 aromatic heterocycles. The van der Waals surface area contributed by atoms with Crippen LogP contribution in [0.15, 0.2) is 54.9 Å². The Kier molecular flexibility index (Phi) is 5.87. The third kappa shape index (κ3) is 3.74. The van der Waals surface area contributed by atoms with Gasteiger partial charge in [-0.2, -0.15) is 10.2 Å². The number of aliphatic carboxylic acids is 1. The van der Waals surface area contributed by atoms with E-state index in [4.69, 9.17) is 21.7 Å². The second-order valence-corrected chi connectivity index (χ2v) is 10.2. The fourth-order valence-electron chi connectivity index (χ4n) is 5.87. The number of benzene rings is 2. The van der Waals surface area contributed by atoms with E-state index in [2.05, 4.69) is 16.1 Å². The molecule has 7 rings (SSSR count). The first-order chi connectivity index (χ1) is 18.4. The van der Waals surface area contributed by atoms with Gasteiger partial charge in [-0.25, -0.2) is 9.67 Å². The van der Waals surface area contributed by atoms with Crippen LogP contribution in [0.5, 0.6) is 0 Å². The van der Waals surface area contributed by atoms with Crippen LogP contribution in [-0.4, -0.2) is 48.7 Å². The highest BCUT2D eigenvalue weighted by molar-refractivity contribution is 6.32. The highest BCUT2D eigenvalue weighted by atomic mass is 35.5. The van der Waals surface area contributed by atoms with Crippen molar-refractivity contribution in [3.63, 3.8) is 0 Å². The highest BCUT2D eigenvalue weighted by Gasteiger charge is 2.60. The molecule has 1 saturated carbocycles. The Morgan fingerprint density at radius 1 is 1.03 bits per heavy atom. The molecule has 2 fully saturated rings. The Hall–Kier alpha value is -3.91. The fraction of sp³-hybridized carbons (Fsp3) is 0.310.